The number of carbonyl (C=O) groups excluding carboxylic acids is 1. The molecule has 5 nitrogen and oxygen atoms in total. The molecule has 0 spiro atoms. The van der Waals surface area contributed by atoms with E-state index in [0.717, 1.165) is 31.1 Å². The van der Waals surface area contributed by atoms with E-state index in [1.165, 1.54) is 11.3 Å². The predicted molar refractivity (Wildman–Crippen MR) is 79.6 cm³/mol. The van der Waals surface area contributed by atoms with Crippen molar-refractivity contribution in [1.82, 2.24) is 9.88 Å². The lowest BCUT2D eigenvalue weighted by molar-refractivity contribution is 0.0728. The van der Waals surface area contributed by atoms with Crippen LogP contribution in [-0.4, -0.2) is 34.9 Å². The van der Waals surface area contributed by atoms with Crippen LogP contribution < -0.4 is 11.1 Å². The molecule has 1 aromatic heterocycles. The Hall–Kier alpha value is -1.30. The van der Waals surface area contributed by atoms with Gasteiger partial charge in [0, 0.05) is 19.1 Å². The maximum Gasteiger partial charge on any atom is 0.268 e. The van der Waals surface area contributed by atoms with Crippen LogP contribution in [0.15, 0.2) is 0 Å². The summed E-state index contributed by atoms with van der Waals surface area (Å²) >= 11 is 1.35. The van der Waals surface area contributed by atoms with Crippen molar-refractivity contribution in [3.8, 4) is 0 Å². The molecule has 0 atom stereocenters. The highest BCUT2D eigenvalue weighted by atomic mass is 32.1. The summed E-state index contributed by atoms with van der Waals surface area (Å²) in [5.41, 5.74) is 5.87. The second-order valence-corrected chi connectivity index (χ2v) is 6.35. The number of rotatable bonds is 6. The summed E-state index contributed by atoms with van der Waals surface area (Å²) in [7, 11) is 0. The average Bonchev–Trinajstić information content (AvgIpc) is 3.10. The third-order valence-corrected chi connectivity index (χ3v) is 4.00. The van der Waals surface area contributed by atoms with Crippen LogP contribution in [0.2, 0.25) is 0 Å². The molecule has 1 heterocycles. The van der Waals surface area contributed by atoms with E-state index >= 15 is 0 Å². The van der Waals surface area contributed by atoms with E-state index in [-0.39, 0.29) is 5.91 Å². The van der Waals surface area contributed by atoms with Gasteiger partial charge in [0.1, 0.15) is 10.7 Å². The molecule has 1 aromatic rings. The zero-order chi connectivity index (χ0) is 14.0. The van der Waals surface area contributed by atoms with Gasteiger partial charge in [-0.05, 0) is 25.7 Å². The van der Waals surface area contributed by atoms with Gasteiger partial charge in [-0.25, -0.2) is 4.98 Å². The summed E-state index contributed by atoms with van der Waals surface area (Å²) in [6, 6.07) is 0.402. The maximum atomic E-state index is 12.6. The summed E-state index contributed by atoms with van der Waals surface area (Å²) in [5.74, 6) is 0.850. The molecule has 0 unspecified atom stereocenters. The van der Waals surface area contributed by atoms with Gasteiger partial charge in [-0.1, -0.05) is 25.2 Å². The molecule has 0 aliphatic heterocycles. The van der Waals surface area contributed by atoms with Crippen LogP contribution in [0.4, 0.5) is 10.9 Å². The molecule has 106 valence electrons. The highest BCUT2D eigenvalue weighted by Crippen LogP contribution is 2.32. The molecule has 0 saturated heterocycles. The lowest BCUT2D eigenvalue weighted by Gasteiger charge is -2.23. The van der Waals surface area contributed by atoms with Crippen molar-refractivity contribution in [2.24, 2.45) is 5.92 Å². The van der Waals surface area contributed by atoms with Crippen molar-refractivity contribution in [2.45, 2.75) is 39.7 Å². The topological polar surface area (TPSA) is 71.2 Å². The lowest BCUT2D eigenvalue weighted by Crippen LogP contribution is -2.36. The van der Waals surface area contributed by atoms with Crippen molar-refractivity contribution in [2.75, 3.05) is 24.1 Å². The fraction of sp³-hybridized carbons (Fsp3) is 0.692. The molecule has 0 aromatic carbocycles. The first kappa shape index (κ1) is 14.1. The number of nitrogens with zero attached hydrogens (tertiary/aromatic N) is 2. The molecule has 2 rings (SSSR count). The van der Waals surface area contributed by atoms with Crippen LogP contribution in [0.5, 0.6) is 0 Å². The first-order chi connectivity index (χ1) is 9.02. The first-order valence-electron chi connectivity index (χ1n) is 6.84. The van der Waals surface area contributed by atoms with Crippen LogP contribution >= 0.6 is 11.3 Å². The summed E-state index contributed by atoms with van der Waals surface area (Å²) in [4.78, 5) is 19.3. The Labute approximate surface area is 118 Å². The number of hydrogen-bond acceptors (Lipinski definition) is 5. The number of nitrogens with one attached hydrogen (secondary N) is 1. The first-order valence-corrected chi connectivity index (χ1v) is 7.65. The third kappa shape index (κ3) is 3.37. The lowest BCUT2D eigenvalue weighted by atomic mass is 10.2. The highest BCUT2D eigenvalue weighted by molar-refractivity contribution is 7.18. The average molecular weight is 282 g/mol. The Kier molecular flexibility index (Phi) is 4.29. The Balaban J connectivity index is 2.16. The minimum absolute atomic E-state index is 0.0374. The van der Waals surface area contributed by atoms with Gasteiger partial charge in [-0.2, -0.15) is 0 Å². The molecule has 1 amide bonds. The molecule has 3 N–H and O–H groups in total. The summed E-state index contributed by atoms with van der Waals surface area (Å²) < 4.78 is 0. The Morgan fingerprint density at radius 3 is 2.79 bits per heavy atom. The number of carbonyl (C=O) groups is 1. The van der Waals surface area contributed by atoms with Crippen molar-refractivity contribution in [3.05, 3.63) is 4.88 Å². The number of anilines is 2. The number of nitrogen functional groups attached to an aromatic ring is 1. The summed E-state index contributed by atoms with van der Waals surface area (Å²) in [6.07, 6.45) is 2.22. The van der Waals surface area contributed by atoms with Gasteiger partial charge in [-0.15, -0.1) is 0 Å². The van der Waals surface area contributed by atoms with Crippen LogP contribution in [0, 0.1) is 5.92 Å². The molecular formula is C13H22N4OS. The van der Waals surface area contributed by atoms with Gasteiger partial charge in [0.25, 0.3) is 5.91 Å². The standard InChI is InChI=1S/C13H22N4OS/c1-4-15-13-16-11(14)10(19-13)12(18)17(7-8(2)3)9-5-6-9/h8-9H,4-7,14H2,1-3H3,(H,15,16). The fourth-order valence-electron chi connectivity index (χ4n) is 2.02. The van der Waals surface area contributed by atoms with Gasteiger partial charge in [0.15, 0.2) is 5.13 Å². The Morgan fingerprint density at radius 1 is 1.58 bits per heavy atom. The zero-order valence-corrected chi connectivity index (χ0v) is 12.6. The van der Waals surface area contributed by atoms with Gasteiger partial charge in [-0.3, -0.25) is 4.79 Å². The van der Waals surface area contributed by atoms with Crippen LogP contribution in [0.25, 0.3) is 0 Å². The van der Waals surface area contributed by atoms with E-state index in [4.69, 9.17) is 5.73 Å². The van der Waals surface area contributed by atoms with Crippen molar-refractivity contribution >= 4 is 28.2 Å². The molecule has 19 heavy (non-hydrogen) atoms. The second kappa shape index (κ2) is 5.77. The van der Waals surface area contributed by atoms with Gasteiger partial charge < -0.3 is 16.0 Å². The minimum Gasteiger partial charge on any atom is -0.382 e. The highest BCUT2D eigenvalue weighted by Gasteiger charge is 2.35. The molecular weight excluding hydrogens is 260 g/mol. The van der Waals surface area contributed by atoms with Gasteiger partial charge in [0.05, 0.1) is 0 Å². The summed E-state index contributed by atoms with van der Waals surface area (Å²) in [5, 5.41) is 3.83. The van der Waals surface area contributed by atoms with Crippen molar-refractivity contribution in [1.29, 1.82) is 0 Å². The normalized spacial score (nSPS) is 14.7. The Bertz CT molecular complexity index is 453. The van der Waals surface area contributed by atoms with Crippen LogP contribution in [-0.2, 0) is 0 Å². The molecule has 0 bridgehead atoms. The smallest absolute Gasteiger partial charge is 0.268 e. The molecule has 1 fully saturated rings. The van der Waals surface area contributed by atoms with E-state index < -0.39 is 0 Å². The third-order valence-electron chi connectivity index (χ3n) is 2.99. The number of nitrogens with two attached hydrogens (primary N) is 1. The molecule has 6 heteroatoms. The molecule has 1 aliphatic carbocycles. The number of amides is 1. The van der Waals surface area contributed by atoms with Crippen molar-refractivity contribution < 1.29 is 4.79 Å². The van der Waals surface area contributed by atoms with E-state index in [1.54, 1.807) is 0 Å². The Morgan fingerprint density at radius 2 is 2.26 bits per heavy atom. The monoisotopic (exact) mass is 282 g/mol. The number of thiazole rings is 1. The van der Waals surface area contributed by atoms with E-state index in [9.17, 15) is 4.79 Å². The second-order valence-electron chi connectivity index (χ2n) is 5.35. The zero-order valence-electron chi connectivity index (χ0n) is 11.8. The van der Waals surface area contributed by atoms with Gasteiger partial charge >= 0.3 is 0 Å². The number of hydrogen-bond donors (Lipinski definition) is 2. The predicted octanol–water partition coefficient (Wildman–Crippen LogP) is 2.42. The quantitative estimate of drug-likeness (QED) is 0.840. The fourth-order valence-corrected chi connectivity index (χ4v) is 2.93. The van der Waals surface area contributed by atoms with E-state index in [1.807, 2.05) is 11.8 Å². The van der Waals surface area contributed by atoms with Gasteiger partial charge in [0.2, 0.25) is 0 Å². The van der Waals surface area contributed by atoms with E-state index in [0.29, 0.717) is 22.7 Å². The largest absolute Gasteiger partial charge is 0.382 e. The SMILES string of the molecule is CCNc1nc(N)c(C(=O)N(CC(C)C)C2CC2)s1. The minimum atomic E-state index is 0.0374. The van der Waals surface area contributed by atoms with E-state index in [2.05, 4.69) is 24.1 Å². The van der Waals surface area contributed by atoms with Crippen LogP contribution in [0.1, 0.15) is 43.3 Å². The summed E-state index contributed by atoms with van der Waals surface area (Å²) in [6.45, 7) is 7.82. The van der Waals surface area contributed by atoms with Crippen LogP contribution in [0.3, 0.4) is 0 Å². The number of aromatic nitrogens is 1. The molecule has 1 aliphatic rings. The van der Waals surface area contributed by atoms with Crippen molar-refractivity contribution in [3.63, 3.8) is 0 Å². The molecule has 0 radical (unpaired) electrons. The maximum absolute atomic E-state index is 12.6. The molecule has 1 saturated carbocycles.